The number of ether oxygens (including phenoxy) is 1. The molecule has 1 saturated heterocycles. The summed E-state index contributed by atoms with van der Waals surface area (Å²) in [6.45, 7) is 3.48. The number of amides is 2. The van der Waals surface area contributed by atoms with Gasteiger partial charge < -0.3 is 15.0 Å². The van der Waals surface area contributed by atoms with Crippen molar-refractivity contribution in [3.63, 3.8) is 0 Å². The molecule has 0 aliphatic carbocycles. The molecule has 1 N–H and O–H groups in total. The van der Waals surface area contributed by atoms with E-state index in [9.17, 15) is 13.8 Å². The van der Waals surface area contributed by atoms with Gasteiger partial charge in [0.2, 0.25) is 0 Å². The average Bonchev–Trinajstić information content (AvgIpc) is 3.23. The molecule has 2 aliphatic rings. The van der Waals surface area contributed by atoms with Gasteiger partial charge in [-0.25, -0.2) is 4.21 Å². The molecule has 146 valence electrons. The van der Waals surface area contributed by atoms with E-state index in [4.69, 9.17) is 4.74 Å². The first-order valence-electron chi connectivity index (χ1n) is 9.46. The molecule has 0 bridgehead atoms. The lowest BCUT2D eigenvalue weighted by molar-refractivity contribution is 0.0857. The van der Waals surface area contributed by atoms with Crippen LogP contribution in [0.2, 0.25) is 0 Å². The molecule has 2 heterocycles. The predicted molar refractivity (Wildman–Crippen MR) is 106 cm³/mol. The highest BCUT2D eigenvalue weighted by atomic mass is 32.2. The Bertz CT molecular complexity index is 953. The second kappa shape index (κ2) is 7.85. The zero-order valence-electron chi connectivity index (χ0n) is 15.6. The highest BCUT2D eigenvalue weighted by Gasteiger charge is 2.30. The number of rotatable bonds is 4. The van der Waals surface area contributed by atoms with E-state index in [1.165, 1.54) is 0 Å². The number of benzene rings is 2. The number of nitrogens with one attached hydrogen (secondary N) is 1. The number of nitrogens with zero attached hydrogens (tertiary/aromatic N) is 1. The Morgan fingerprint density at radius 3 is 2.82 bits per heavy atom. The van der Waals surface area contributed by atoms with Crippen LogP contribution in [-0.4, -0.2) is 41.8 Å². The van der Waals surface area contributed by atoms with Crippen molar-refractivity contribution in [3.8, 4) is 0 Å². The van der Waals surface area contributed by atoms with Crippen LogP contribution in [0.15, 0.2) is 52.3 Å². The first kappa shape index (κ1) is 18.8. The summed E-state index contributed by atoms with van der Waals surface area (Å²) in [4.78, 5) is 28.3. The lowest BCUT2D eigenvalue weighted by Gasteiger charge is -2.21. The Balaban J connectivity index is 1.67. The molecule has 2 atom stereocenters. The van der Waals surface area contributed by atoms with Crippen LogP contribution in [0.5, 0.6) is 0 Å². The second-order valence-corrected chi connectivity index (χ2v) is 8.26. The highest BCUT2D eigenvalue weighted by molar-refractivity contribution is 7.85. The molecule has 0 saturated carbocycles. The number of carbonyl (C=O) groups excluding carboxylic acids is 2. The first-order chi connectivity index (χ1) is 13.6. The van der Waals surface area contributed by atoms with Gasteiger partial charge in [-0.05, 0) is 50.1 Å². The van der Waals surface area contributed by atoms with E-state index >= 15 is 0 Å². The Kier molecular flexibility index (Phi) is 5.28. The zero-order chi connectivity index (χ0) is 19.7. The molecule has 7 heteroatoms. The molecule has 0 spiro atoms. The van der Waals surface area contributed by atoms with Gasteiger partial charge in [-0.2, -0.15) is 0 Å². The van der Waals surface area contributed by atoms with Crippen LogP contribution in [0, 0.1) is 0 Å². The molecule has 0 radical (unpaired) electrons. The normalized spacial score (nSPS) is 21.0. The third kappa shape index (κ3) is 3.36. The van der Waals surface area contributed by atoms with Crippen molar-refractivity contribution in [2.45, 2.75) is 35.7 Å². The fraction of sp³-hybridized carbons (Fsp3) is 0.333. The maximum absolute atomic E-state index is 13.1. The van der Waals surface area contributed by atoms with Crippen molar-refractivity contribution in [1.82, 2.24) is 5.32 Å². The molecular weight excluding hydrogens is 376 g/mol. The van der Waals surface area contributed by atoms with Gasteiger partial charge in [0, 0.05) is 25.3 Å². The first-order valence-corrected chi connectivity index (χ1v) is 10.6. The molecule has 2 aromatic rings. The van der Waals surface area contributed by atoms with E-state index in [1.807, 2.05) is 6.92 Å². The van der Waals surface area contributed by atoms with Gasteiger partial charge in [-0.15, -0.1) is 0 Å². The molecule has 2 aromatic carbocycles. The van der Waals surface area contributed by atoms with Crippen LogP contribution in [0.3, 0.4) is 0 Å². The van der Waals surface area contributed by atoms with E-state index in [-0.39, 0.29) is 17.9 Å². The molecule has 1 fully saturated rings. The SMILES string of the molecule is CCN1C(=O)c2ccccc2[S@@](=O)c2ccc(C(=O)NC[C@H]3CCCO3)cc21. The summed E-state index contributed by atoms with van der Waals surface area (Å²) in [5.74, 6) is -0.434. The Morgan fingerprint density at radius 2 is 2.07 bits per heavy atom. The average molecular weight is 398 g/mol. The number of hydrogen-bond acceptors (Lipinski definition) is 4. The highest BCUT2D eigenvalue weighted by Crippen LogP contribution is 2.35. The second-order valence-electron chi connectivity index (χ2n) is 6.84. The van der Waals surface area contributed by atoms with Gasteiger partial charge in [-0.3, -0.25) is 9.59 Å². The minimum Gasteiger partial charge on any atom is -0.376 e. The number of anilines is 1. The Morgan fingerprint density at radius 1 is 1.25 bits per heavy atom. The van der Waals surface area contributed by atoms with Crippen LogP contribution in [0.1, 0.15) is 40.5 Å². The molecule has 28 heavy (non-hydrogen) atoms. The third-order valence-corrected chi connectivity index (χ3v) is 6.60. The van der Waals surface area contributed by atoms with E-state index in [0.717, 1.165) is 19.4 Å². The Labute approximate surface area is 166 Å². The zero-order valence-corrected chi connectivity index (χ0v) is 16.5. The van der Waals surface area contributed by atoms with Crippen LogP contribution in [0.4, 0.5) is 5.69 Å². The van der Waals surface area contributed by atoms with Crippen LogP contribution >= 0.6 is 0 Å². The van der Waals surface area contributed by atoms with Gasteiger partial charge >= 0.3 is 0 Å². The molecule has 2 aliphatic heterocycles. The predicted octanol–water partition coefficient (Wildman–Crippen LogP) is 2.74. The summed E-state index contributed by atoms with van der Waals surface area (Å²) in [7, 11) is -1.49. The fourth-order valence-electron chi connectivity index (χ4n) is 3.63. The van der Waals surface area contributed by atoms with Crippen molar-refractivity contribution < 1.29 is 18.5 Å². The molecular formula is C21H22N2O4S. The summed E-state index contributed by atoms with van der Waals surface area (Å²) in [6, 6.07) is 12.0. The summed E-state index contributed by atoms with van der Waals surface area (Å²) in [6.07, 6.45) is 2.01. The van der Waals surface area contributed by atoms with Gasteiger partial charge in [0.15, 0.2) is 0 Å². The fourth-order valence-corrected chi connectivity index (χ4v) is 4.98. The number of carbonyl (C=O) groups is 2. The van der Waals surface area contributed by atoms with Crippen molar-refractivity contribution in [2.24, 2.45) is 0 Å². The van der Waals surface area contributed by atoms with Gasteiger partial charge in [0.1, 0.15) is 0 Å². The van der Waals surface area contributed by atoms with E-state index < -0.39 is 10.8 Å². The van der Waals surface area contributed by atoms with Crippen LogP contribution in [-0.2, 0) is 15.5 Å². The van der Waals surface area contributed by atoms with Crippen molar-refractivity contribution >= 4 is 28.3 Å². The maximum Gasteiger partial charge on any atom is 0.259 e. The lowest BCUT2D eigenvalue weighted by Crippen LogP contribution is -2.33. The van der Waals surface area contributed by atoms with Gasteiger partial charge in [0.05, 0.1) is 37.9 Å². The van der Waals surface area contributed by atoms with Crippen molar-refractivity contribution in [3.05, 3.63) is 53.6 Å². The quantitative estimate of drug-likeness (QED) is 0.859. The summed E-state index contributed by atoms with van der Waals surface area (Å²) in [5, 5.41) is 2.89. The largest absolute Gasteiger partial charge is 0.376 e. The van der Waals surface area contributed by atoms with Gasteiger partial charge in [-0.1, -0.05) is 12.1 Å². The smallest absolute Gasteiger partial charge is 0.259 e. The number of fused-ring (bicyclic) bond motifs is 2. The topological polar surface area (TPSA) is 75.7 Å². The van der Waals surface area contributed by atoms with Crippen LogP contribution < -0.4 is 10.2 Å². The minimum absolute atomic E-state index is 0.0560. The molecule has 2 amide bonds. The summed E-state index contributed by atoms with van der Waals surface area (Å²) < 4.78 is 18.7. The lowest BCUT2D eigenvalue weighted by atomic mass is 10.1. The third-order valence-electron chi connectivity index (χ3n) is 5.10. The minimum atomic E-state index is -1.49. The molecule has 0 unspecified atom stereocenters. The summed E-state index contributed by atoms with van der Waals surface area (Å²) in [5.41, 5.74) is 1.39. The standard InChI is InChI=1S/C21H22N2O4S/c1-2-23-17-12-14(20(24)22-13-15-6-5-11-27-15)9-10-19(17)28(26)18-8-4-3-7-16(18)21(23)25/h3-4,7-10,12,15H,2,5-6,11,13H2,1H3,(H,22,24)/t15-,28-/m1/s1. The van der Waals surface area contributed by atoms with E-state index in [2.05, 4.69) is 5.32 Å². The van der Waals surface area contributed by atoms with Crippen molar-refractivity contribution in [1.29, 1.82) is 0 Å². The monoisotopic (exact) mass is 398 g/mol. The van der Waals surface area contributed by atoms with E-state index in [1.54, 1.807) is 47.4 Å². The Hall–Kier alpha value is -2.51. The van der Waals surface area contributed by atoms with Crippen molar-refractivity contribution in [2.75, 3.05) is 24.6 Å². The molecule has 4 rings (SSSR count). The van der Waals surface area contributed by atoms with Gasteiger partial charge in [0.25, 0.3) is 11.8 Å². The van der Waals surface area contributed by atoms with Crippen LogP contribution in [0.25, 0.3) is 0 Å². The number of hydrogen-bond donors (Lipinski definition) is 1. The maximum atomic E-state index is 13.1. The molecule has 6 nitrogen and oxygen atoms in total. The van der Waals surface area contributed by atoms with E-state index in [0.29, 0.717) is 39.7 Å². The summed E-state index contributed by atoms with van der Waals surface area (Å²) >= 11 is 0. The molecule has 0 aromatic heterocycles.